The lowest BCUT2D eigenvalue weighted by Crippen LogP contribution is -2.58. The summed E-state index contributed by atoms with van der Waals surface area (Å²) in [6, 6.07) is 0.441. The van der Waals surface area contributed by atoms with Crippen LogP contribution in [0.3, 0.4) is 0 Å². The SMILES string of the molecule is C[C@H]1[C@H](Nc2cn[nH]c(=O)c2Br)C[C@H]2C[C@@H]1C2(C)C. The second-order valence-corrected chi connectivity index (χ2v) is 7.43. The highest BCUT2D eigenvalue weighted by molar-refractivity contribution is 9.10. The van der Waals surface area contributed by atoms with Crippen LogP contribution in [0.15, 0.2) is 15.5 Å². The molecule has 1 aromatic rings. The van der Waals surface area contributed by atoms with Gasteiger partial charge >= 0.3 is 0 Å². The minimum Gasteiger partial charge on any atom is -0.380 e. The largest absolute Gasteiger partial charge is 0.380 e. The fourth-order valence-corrected chi connectivity index (χ4v) is 4.33. The maximum absolute atomic E-state index is 11.5. The lowest BCUT2D eigenvalue weighted by Gasteiger charge is -2.62. The van der Waals surface area contributed by atoms with Gasteiger partial charge < -0.3 is 5.32 Å². The molecule has 3 aliphatic carbocycles. The maximum Gasteiger partial charge on any atom is 0.280 e. The van der Waals surface area contributed by atoms with E-state index in [0.717, 1.165) is 17.5 Å². The highest BCUT2D eigenvalue weighted by atomic mass is 79.9. The van der Waals surface area contributed by atoms with Crippen LogP contribution in [0.1, 0.15) is 33.6 Å². The molecule has 3 aliphatic rings. The van der Waals surface area contributed by atoms with Gasteiger partial charge in [0.2, 0.25) is 0 Å². The zero-order chi connectivity index (χ0) is 13.8. The van der Waals surface area contributed by atoms with Crippen LogP contribution in [0.2, 0.25) is 0 Å². The molecule has 0 aliphatic heterocycles. The molecule has 0 saturated heterocycles. The summed E-state index contributed by atoms with van der Waals surface area (Å²) in [4.78, 5) is 11.5. The first-order chi connectivity index (χ1) is 8.91. The van der Waals surface area contributed by atoms with E-state index in [1.54, 1.807) is 6.20 Å². The van der Waals surface area contributed by atoms with E-state index in [0.29, 0.717) is 21.8 Å². The van der Waals surface area contributed by atoms with Crippen molar-refractivity contribution in [1.29, 1.82) is 0 Å². The molecule has 4 atom stereocenters. The average Bonchev–Trinajstić information content (AvgIpc) is 2.36. The van der Waals surface area contributed by atoms with Crippen LogP contribution >= 0.6 is 15.9 Å². The van der Waals surface area contributed by atoms with Crippen LogP contribution in [-0.4, -0.2) is 16.2 Å². The molecule has 4 nitrogen and oxygen atoms in total. The lowest BCUT2D eigenvalue weighted by atomic mass is 9.45. The normalized spacial score (nSPS) is 35.6. The zero-order valence-electron chi connectivity index (χ0n) is 11.5. The summed E-state index contributed by atoms with van der Waals surface area (Å²) in [5.41, 5.74) is 1.11. The van der Waals surface area contributed by atoms with Crippen LogP contribution in [0.4, 0.5) is 5.69 Å². The molecular weight excluding hydrogens is 306 g/mol. The third-order valence-electron chi connectivity index (χ3n) is 5.49. The van der Waals surface area contributed by atoms with Gasteiger partial charge in [-0.2, -0.15) is 5.10 Å². The quantitative estimate of drug-likeness (QED) is 0.878. The van der Waals surface area contributed by atoms with E-state index in [2.05, 4.69) is 52.2 Å². The summed E-state index contributed by atoms with van der Waals surface area (Å²) in [5, 5.41) is 9.80. The van der Waals surface area contributed by atoms with Crippen molar-refractivity contribution in [1.82, 2.24) is 10.2 Å². The van der Waals surface area contributed by atoms with Gasteiger partial charge in [0.05, 0.1) is 11.9 Å². The van der Waals surface area contributed by atoms with Crippen molar-refractivity contribution in [3.63, 3.8) is 0 Å². The third kappa shape index (κ3) is 1.93. The minimum absolute atomic E-state index is 0.182. The summed E-state index contributed by atoms with van der Waals surface area (Å²) < 4.78 is 0.549. The number of anilines is 1. The van der Waals surface area contributed by atoms with Crippen LogP contribution in [0, 0.1) is 23.2 Å². The number of hydrogen-bond donors (Lipinski definition) is 2. The molecule has 0 unspecified atom stereocenters. The second-order valence-electron chi connectivity index (χ2n) is 6.63. The molecule has 19 heavy (non-hydrogen) atoms. The van der Waals surface area contributed by atoms with Gasteiger partial charge in [0.15, 0.2) is 0 Å². The first kappa shape index (κ1) is 13.2. The Kier molecular flexibility index (Phi) is 3.00. The minimum atomic E-state index is -0.182. The van der Waals surface area contributed by atoms with Crippen molar-refractivity contribution in [2.75, 3.05) is 5.32 Å². The van der Waals surface area contributed by atoms with E-state index < -0.39 is 0 Å². The molecule has 0 aromatic carbocycles. The third-order valence-corrected chi connectivity index (χ3v) is 6.28. The number of aromatic nitrogens is 2. The van der Waals surface area contributed by atoms with Gasteiger partial charge in [0, 0.05) is 6.04 Å². The van der Waals surface area contributed by atoms with E-state index >= 15 is 0 Å². The van der Waals surface area contributed by atoms with Crippen LogP contribution < -0.4 is 10.9 Å². The van der Waals surface area contributed by atoms with Gasteiger partial charge in [-0.3, -0.25) is 4.79 Å². The van der Waals surface area contributed by atoms with E-state index in [1.165, 1.54) is 12.8 Å². The molecule has 2 N–H and O–H groups in total. The van der Waals surface area contributed by atoms with E-state index in [4.69, 9.17) is 0 Å². The topological polar surface area (TPSA) is 57.8 Å². The Labute approximate surface area is 121 Å². The number of H-pyrrole nitrogens is 1. The molecule has 0 amide bonds. The zero-order valence-corrected chi connectivity index (χ0v) is 13.1. The highest BCUT2D eigenvalue weighted by Gasteiger charge is 2.56. The number of nitrogens with zero attached hydrogens (tertiary/aromatic N) is 1. The Balaban J connectivity index is 1.79. The second kappa shape index (κ2) is 4.33. The molecule has 2 bridgehead atoms. The lowest BCUT2D eigenvalue weighted by molar-refractivity contribution is -0.105. The van der Waals surface area contributed by atoms with Crippen molar-refractivity contribution >= 4 is 21.6 Å². The molecule has 0 spiro atoms. The summed E-state index contributed by atoms with van der Waals surface area (Å²) in [6.45, 7) is 7.11. The molecular formula is C14H20BrN3O. The van der Waals surface area contributed by atoms with Crippen molar-refractivity contribution in [3.05, 3.63) is 21.0 Å². The van der Waals surface area contributed by atoms with Gasteiger partial charge in [-0.25, -0.2) is 5.10 Å². The van der Waals surface area contributed by atoms with Gasteiger partial charge in [0.1, 0.15) is 4.47 Å². The van der Waals surface area contributed by atoms with Gasteiger partial charge in [0.25, 0.3) is 5.56 Å². The number of aromatic amines is 1. The molecule has 104 valence electrons. The Morgan fingerprint density at radius 2 is 2.21 bits per heavy atom. The highest BCUT2D eigenvalue weighted by Crippen LogP contribution is 2.61. The van der Waals surface area contributed by atoms with Crippen molar-refractivity contribution in [2.45, 2.75) is 39.7 Å². The predicted molar refractivity (Wildman–Crippen MR) is 79.1 cm³/mol. The van der Waals surface area contributed by atoms with Gasteiger partial charge in [-0.15, -0.1) is 0 Å². The van der Waals surface area contributed by atoms with Crippen molar-refractivity contribution in [3.8, 4) is 0 Å². The average molecular weight is 326 g/mol. The standard InChI is InChI=1S/C14H20BrN3O/c1-7-9-4-8(14(9,2)3)5-10(7)17-11-6-16-18-13(19)12(11)15/h6-10H,4-5H2,1-3H3,(H2,17,18,19)/t7-,8-,9+,10-/m1/s1. The molecule has 3 saturated carbocycles. The monoisotopic (exact) mass is 325 g/mol. The van der Waals surface area contributed by atoms with E-state index in [9.17, 15) is 4.79 Å². The molecule has 5 heteroatoms. The van der Waals surface area contributed by atoms with Crippen LogP contribution in [0.5, 0.6) is 0 Å². The Morgan fingerprint density at radius 3 is 2.84 bits per heavy atom. The summed E-state index contributed by atoms with van der Waals surface area (Å²) >= 11 is 3.33. The number of fused-ring (bicyclic) bond motifs is 2. The maximum atomic E-state index is 11.5. The Morgan fingerprint density at radius 1 is 1.47 bits per heavy atom. The molecule has 0 radical (unpaired) electrons. The molecule has 1 heterocycles. The van der Waals surface area contributed by atoms with Gasteiger partial charge in [-0.05, 0) is 51.9 Å². The summed E-state index contributed by atoms with van der Waals surface area (Å²) in [7, 11) is 0. The van der Waals surface area contributed by atoms with E-state index in [-0.39, 0.29) is 5.56 Å². The number of nitrogens with one attached hydrogen (secondary N) is 2. The van der Waals surface area contributed by atoms with Crippen molar-refractivity contribution < 1.29 is 0 Å². The smallest absolute Gasteiger partial charge is 0.280 e. The Hall–Kier alpha value is -0.840. The first-order valence-corrected chi connectivity index (χ1v) is 7.70. The first-order valence-electron chi connectivity index (χ1n) is 6.91. The molecule has 3 fully saturated rings. The number of hydrogen-bond acceptors (Lipinski definition) is 3. The summed E-state index contributed by atoms with van der Waals surface area (Å²) in [6.07, 6.45) is 4.23. The van der Waals surface area contributed by atoms with Crippen LogP contribution in [0.25, 0.3) is 0 Å². The number of halogens is 1. The fourth-order valence-electron chi connectivity index (χ4n) is 4.02. The van der Waals surface area contributed by atoms with Gasteiger partial charge in [-0.1, -0.05) is 20.8 Å². The van der Waals surface area contributed by atoms with Crippen molar-refractivity contribution in [2.24, 2.45) is 23.2 Å². The summed E-state index contributed by atoms with van der Waals surface area (Å²) in [5.74, 6) is 2.23. The van der Waals surface area contributed by atoms with E-state index in [1.807, 2.05) is 0 Å². The fraction of sp³-hybridized carbons (Fsp3) is 0.714. The number of rotatable bonds is 2. The van der Waals surface area contributed by atoms with Crippen LogP contribution in [-0.2, 0) is 0 Å². The Bertz CT molecular complexity index is 554. The molecule has 4 rings (SSSR count). The predicted octanol–water partition coefficient (Wildman–Crippen LogP) is 3.02. The molecule has 1 aromatic heterocycles.